The molecule has 6 rings (SSSR count). The Balaban J connectivity index is 0.000000175. The van der Waals surface area contributed by atoms with Gasteiger partial charge in [-0.25, -0.2) is 0 Å². The summed E-state index contributed by atoms with van der Waals surface area (Å²) >= 11 is 0. The van der Waals surface area contributed by atoms with Gasteiger partial charge in [0.15, 0.2) is 0 Å². The number of rotatable bonds is 8. The van der Waals surface area contributed by atoms with Crippen LogP contribution in [0.25, 0.3) is 0 Å². The number of nitrogens with zero attached hydrogens (tertiary/aromatic N) is 4. The minimum absolute atomic E-state index is 0.620. The van der Waals surface area contributed by atoms with E-state index in [1.165, 1.54) is 45.0 Å². The van der Waals surface area contributed by atoms with Gasteiger partial charge in [0.2, 0.25) is 0 Å². The number of anilines is 4. The molecule has 4 aromatic rings. The SMILES string of the molecule is CC(CN(C)C)CN1c2ccccc2CCc2ccccc21.CC(CN(C)C)CN1c2ccccc2CCc2ccccc21. The molecule has 0 saturated carbocycles. The van der Waals surface area contributed by atoms with Gasteiger partial charge in [0.1, 0.15) is 0 Å². The molecule has 2 heterocycles. The van der Waals surface area contributed by atoms with Gasteiger partial charge in [0, 0.05) is 48.9 Å². The Morgan fingerprint density at radius 2 is 0.705 bits per heavy atom. The van der Waals surface area contributed by atoms with Crippen LogP contribution in [0.4, 0.5) is 22.7 Å². The second kappa shape index (κ2) is 14.9. The third kappa shape index (κ3) is 7.91. The quantitative estimate of drug-likeness (QED) is 0.206. The van der Waals surface area contributed by atoms with E-state index in [9.17, 15) is 0 Å². The molecule has 0 radical (unpaired) electrons. The van der Waals surface area contributed by atoms with Crippen molar-refractivity contribution in [1.29, 1.82) is 0 Å². The molecule has 4 heteroatoms. The van der Waals surface area contributed by atoms with Gasteiger partial charge in [-0.15, -0.1) is 0 Å². The summed E-state index contributed by atoms with van der Waals surface area (Å²) in [5.74, 6) is 1.24. The van der Waals surface area contributed by atoms with Crippen LogP contribution in [0.5, 0.6) is 0 Å². The maximum absolute atomic E-state index is 2.53. The molecule has 4 nitrogen and oxygen atoms in total. The van der Waals surface area contributed by atoms with Gasteiger partial charge < -0.3 is 19.6 Å². The van der Waals surface area contributed by atoms with Crippen molar-refractivity contribution in [2.45, 2.75) is 39.5 Å². The van der Waals surface area contributed by atoms with Crippen molar-refractivity contribution in [3.8, 4) is 0 Å². The molecular weight excluding hydrogens is 536 g/mol. The Morgan fingerprint density at radius 3 is 0.955 bits per heavy atom. The highest BCUT2D eigenvalue weighted by Crippen LogP contribution is 2.37. The second-order valence-corrected chi connectivity index (χ2v) is 13.5. The normalized spacial score (nSPS) is 15.2. The average molecular weight is 589 g/mol. The van der Waals surface area contributed by atoms with E-state index in [0.29, 0.717) is 11.8 Å². The molecule has 0 fully saturated rings. The van der Waals surface area contributed by atoms with Crippen molar-refractivity contribution in [1.82, 2.24) is 9.80 Å². The topological polar surface area (TPSA) is 13.0 Å². The monoisotopic (exact) mass is 588 g/mol. The summed E-state index contributed by atoms with van der Waals surface area (Å²) in [6.07, 6.45) is 4.52. The molecule has 0 N–H and O–H groups in total. The zero-order valence-corrected chi connectivity index (χ0v) is 27.8. The van der Waals surface area contributed by atoms with Gasteiger partial charge in [-0.3, -0.25) is 0 Å². The molecule has 2 aliphatic heterocycles. The van der Waals surface area contributed by atoms with Crippen molar-refractivity contribution >= 4 is 22.7 Å². The van der Waals surface area contributed by atoms with Crippen LogP contribution < -0.4 is 9.80 Å². The van der Waals surface area contributed by atoms with E-state index < -0.39 is 0 Å². The summed E-state index contributed by atoms with van der Waals surface area (Å²) in [5, 5.41) is 0. The summed E-state index contributed by atoms with van der Waals surface area (Å²) in [6.45, 7) is 9.03. The predicted octanol–water partition coefficient (Wildman–Crippen LogP) is 8.24. The summed E-state index contributed by atoms with van der Waals surface area (Å²) < 4.78 is 0. The number of para-hydroxylation sites is 4. The fourth-order valence-corrected chi connectivity index (χ4v) is 7.12. The molecule has 2 unspecified atom stereocenters. The van der Waals surface area contributed by atoms with Gasteiger partial charge in [-0.1, -0.05) is 86.6 Å². The Bertz CT molecular complexity index is 1280. The zero-order valence-electron chi connectivity index (χ0n) is 27.8. The zero-order chi connectivity index (χ0) is 31.1. The van der Waals surface area contributed by atoms with Crippen LogP contribution >= 0.6 is 0 Å². The molecule has 232 valence electrons. The first-order valence-corrected chi connectivity index (χ1v) is 16.5. The maximum Gasteiger partial charge on any atom is 0.0443 e. The number of hydrogen-bond donors (Lipinski definition) is 0. The standard InChI is InChI=1S/2C20H26N2/c2*1-16(14-21(2)3)15-22-19-10-6-4-8-17(19)12-13-18-9-5-7-11-20(18)22/h2*4-11,16H,12-15H2,1-3H3. The first-order chi connectivity index (χ1) is 21.3. The van der Waals surface area contributed by atoms with Crippen LogP contribution in [0, 0.1) is 11.8 Å². The molecule has 44 heavy (non-hydrogen) atoms. The van der Waals surface area contributed by atoms with Crippen molar-refractivity contribution in [2.24, 2.45) is 11.8 Å². The average Bonchev–Trinajstić information content (AvgIpc) is 3.26. The van der Waals surface area contributed by atoms with Crippen molar-refractivity contribution in [3.63, 3.8) is 0 Å². The van der Waals surface area contributed by atoms with Crippen LogP contribution in [0.1, 0.15) is 36.1 Å². The number of hydrogen-bond acceptors (Lipinski definition) is 4. The Morgan fingerprint density at radius 1 is 0.455 bits per heavy atom. The van der Waals surface area contributed by atoms with E-state index in [2.05, 4.69) is 159 Å². The molecular formula is C40H52N4. The van der Waals surface area contributed by atoms with E-state index in [4.69, 9.17) is 0 Å². The van der Waals surface area contributed by atoms with Gasteiger partial charge in [-0.2, -0.15) is 0 Å². The van der Waals surface area contributed by atoms with Crippen molar-refractivity contribution in [3.05, 3.63) is 119 Å². The van der Waals surface area contributed by atoms with Gasteiger partial charge >= 0.3 is 0 Å². The van der Waals surface area contributed by atoms with E-state index in [0.717, 1.165) is 51.9 Å². The third-order valence-electron chi connectivity index (χ3n) is 8.80. The molecule has 2 atom stereocenters. The van der Waals surface area contributed by atoms with Crippen LogP contribution in [-0.4, -0.2) is 64.2 Å². The lowest BCUT2D eigenvalue weighted by Crippen LogP contribution is -2.30. The van der Waals surface area contributed by atoms with Gasteiger partial charge in [0.25, 0.3) is 0 Å². The summed E-state index contributed by atoms with van der Waals surface area (Å²) in [4.78, 5) is 9.62. The van der Waals surface area contributed by atoms with Crippen molar-refractivity contribution < 1.29 is 0 Å². The summed E-state index contributed by atoms with van der Waals surface area (Å²) in [5.41, 5.74) is 11.4. The Kier molecular flexibility index (Phi) is 10.8. The first kappa shape index (κ1) is 31.8. The van der Waals surface area contributed by atoms with Crippen molar-refractivity contribution in [2.75, 3.05) is 64.2 Å². The lowest BCUT2D eigenvalue weighted by atomic mass is 10.0. The second-order valence-electron chi connectivity index (χ2n) is 13.5. The lowest BCUT2D eigenvalue weighted by molar-refractivity contribution is 0.343. The number of benzene rings is 4. The third-order valence-corrected chi connectivity index (χ3v) is 8.80. The van der Waals surface area contributed by atoms with Gasteiger partial charge in [0.05, 0.1) is 0 Å². The summed E-state index contributed by atoms with van der Waals surface area (Å²) in [6, 6.07) is 35.5. The van der Waals surface area contributed by atoms with E-state index in [-0.39, 0.29) is 0 Å². The maximum atomic E-state index is 2.53. The molecule has 0 amide bonds. The van der Waals surface area contributed by atoms with Crippen LogP contribution in [0.2, 0.25) is 0 Å². The largest absolute Gasteiger partial charge is 0.341 e. The fraction of sp³-hybridized carbons (Fsp3) is 0.400. The molecule has 0 aromatic heterocycles. The first-order valence-electron chi connectivity index (χ1n) is 16.5. The Labute approximate surface area is 266 Å². The molecule has 0 aliphatic carbocycles. The van der Waals surface area contributed by atoms with E-state index in [1.54, 1.807) is 0 Å². The molecule has 2 aliphatic rings. The van der Waals surface area contributed by atoms with Gasteiger partial charge in [-0.05, 0) is 112 Å². The lowest BCUT2D eigenvalue weighted by Gasteiger charge is -2.30. The number of fused-ring (bicyclic) bond motifs is 4. The summed E-state index contributed by atoms with van der Waals surface area (Å²) in [7, 11) is 8.61. The highest BCUT2D eigenvalue weighted by atomic mass is 15.2. The fourth-order valence-electron chi connectivity index (χ4n) is 7.12. The smallest absolute Gasteiger partial charge is 0.0443 e. The highest BCUT2D eigenvalue weighted by molar-refractivity contribution is 5.72. The van der Waals surface area contributed by atoms with E-state index >= 15 is 0 Å². The van der Waals surface area contributed by atoms with E-state index in [1.807, 2.05) is 0 Å². The molecule has 0 spiro atoms. The molecule has 0 saturated heterocycles. The van der Waals surface area contributed by atoms with Crippen LogP contribution in [-0.2, 0) is 25.7 Å². The molecule has 4 aromatic carbocycles. The molecule has 0 bridgehead atoms. The predicted molar refractivity (Wildman–Crippen MR) is 190 cm³/mol. The van der Waals surface area contributed by atoms with Crippen LogP contribution in [0.3, 0.4) is 0 Å². The minimum atomic E-state index is 0.620. The minimum Gasteiger partial charge on any atom is -0.341 e. The van der Waals surface area contributed by atoms with Crippen LogP contribution in [0.15, 0.2) is 97.1 Å². The number of aryl methyl sites for hydroxylation is 4. The Hall–Kier alpha value is -3.60. The highest BCUT2D eigenvalue weighted by Gasteiger charge is 2.23.